The molecule has 106 valence electrons. The SMILES string of the molecule is CC(Nc1ccc(N)c2cnccc12)c1ccccc1Cl. The van der Waals surface area contributed by atoms with E-state index in [1.54, 1.807) is 12.4 Å². The summed E-state index contributed by atoms with van der Waals surface area (Å²) >= 11 is 6.26. The molecule has 0 aliphatic rings. The van der Waals surface area contributed by atoms with Gasteiger partial charge in [-0.2, -0.15) is 0 Å². The smallest absolute Gasteiger partial charge is 0.0500 e. The summed E-state index contributed by atoms with van der Waals surface area (Å²) in [6.07, 6.45) is 3.56. The minimum absolute atomic E-state index is 0.0960. The molecule has 0 spiro atoms. The van der Waals surface area contributed by atoms with Crippen LogP contribution in [0.1, 0.15) is 18.5 Å². The van der Waals surface area contributed by atoms with E-state index in [1.807, 2.05) is 42.5 Å². The number of halogens is 1. The number of rotatable bonds is 3. The van der Waals surface area contributed by atoms with Crippen LogP contribution in [0.4, 0.5) is 11.4 Å². The van der Waals surface area contributed by atoms with Crippen LogP contribution in [0.3, 0.4) is 0 Å². The second-order valence-electron chi connectivity index (χ2n) is 5.01. The molecule has 1 atom stereocenters. The number of benzene rings is 2. The Morgan fingerprint density at radius 1 is 1.10 bits per heavy atom. The van der Waals surface area contributed by atoms with Gasteiger partial charge in [0, 0.05) is 39.6 Å². The van der Waals surface area contributed by atoms with E-state index >= 15 is 0 Å². The highest BCUT2D eigenvalue weighted by molar-refractivity contribution is 6.31. The molecule has 0 radical (unpaired) electrons. The minimum Gasteiger partial charge on any atom is -0.398 e. The van der Waals surface area contributed by atoms with Gasteiger partial charge in [0.15, 0.2) is 0 Å². The molecule has 0 aliphatic heterocycles. The van der Waals surface area contributed by atoms with E-state index in [0.717, 1.165) is 32.7 Å². The summed E-state index contributed by atoms with van der Waals surface area (Å²) in [5.41, 5.74) is 8.82. The van der Waals surface area contributed by atoms with Gasteiger partial charge in [-0.1, -0.05) is 29.8 Å². The first kappa shape index (κ1) is 13.7. The minimum atomic E-state index is 0.0960. The zero-order chi connectivity index (χ0) is 14.8. The average Bonchev–Trinajstić information content (AvgIpc) is 2.51. The number of nitrogens with one attached hydrogen (secondary N) is 1. The molecule has 3 nitrogen and oxygen atoms in total. The lowest BCUT2D eigenvalue weighted by molar-refractivity contribution is 0.887. The topological polar surface area (TPSA) is 50.9 Å². The normalized spacial score (nSPS) is 12.3. The van der Waals surface area contributed by atoms with Crippen molar-refractivity contribution in [3.05, 3.63) is 65.4 Å². The van der Waals surface area contributed by atoms with E-state index < -0.39 is 0 Å². The highest BCUT2D eigenvalue weighted by Crippen LogP contribution is 2.31. The second-order valence-corrected chi connectivity index (χ2v) is 5.42. The largest absolute Gasteiger partial charge is 0.398 e. The third-order valence-electron chi connectivity index (χ3n) is 3.60. The fourth-order valence-corrected chi connectivity index (χ4v) is 2.77. The van der Waals surface area contributed by atoms with Crippen molar-refractivity contribution in [1.82, 2.24) is 4.98 Å². The van der Waals surface area contributed by atoms with Crippen molar-refractivity contribution in [1.29, 1.82) is 0 Å². The van der Waals surface area contributed by atoms with Crippen molar-refractivity contribution in [3.63, 3.8) is 0 Å². The summed E-state index contributed by atoms with van der Waals surface area (Å²) in [7, 11) is 0. The van der Waals surface area contributed by atoms with Crippen LogP contribution in [-0.4, -0.2) is 4.98 Å². The predicted octanol–water partition coefficient (Wildman–Crippen LogP) is 4.64. The summed E-state index contributed by atoms with van der Waals surface area (Å²) in [6, 6.07) is 13.8. The van der Waals surface area contributed by atoms with Gasteiger partial charge in [-0.3, -0.25) is 4.98 Å². The first-order valence-corrected chi connectivity index (χ1v) is 7.18. The van der Waals surface area contributed by atoms with Gasteiger partial charge in [0.25, 0.3) is 0 Å². The van der Waals surface area contributed by atoms with Gasteiger partial charge in [0.1, 0.15) is 0 Å². The molecule has 0 saturated carbocycles. The van der Waals surface area contributed by atoms with Crippen LogP contribution in [0.2, 0.25) is 5.02 Å². The molecule has 0 aliphatic carbocycles. The average molecular weight is 298 g/mol. The molecule has 21 heavy (non-hydrogen) atoms. The molecule has 4 heteroatoms. The van der Waals surface area contributed by atoms with Gasteiger partial charge in [-0.05, 0) is 36.8 Å². The first-order valence-electron chi connectivity index (χ1n) is 6.80. The predicted molar refractivity (Wildman–Crippen MR) is 89.6 cm³/mol. The number of nitrogens with two attached hydrogens (primary N) is 1. The van der Waals surface area contributed by atoms with E-state index in [4.69, 9.17) is 17.3 Å². The molecule has 3 rings (SSSR count). The standard InChI is InChI=1S/C17H16ClN3/c1-11(12-4-2-3-5-15(12)18)21-17-7-6-16(19)14-10-20-9-8-13(14)17/h2-11,21H,19H2,1H3. The number of fused-ring (bicyclic) bond motifs is 1. The number of nitrogens with zero attached hydrogens (tertiary/aromatic N) is 1. The maximum absolute atomic E-state index is 6.26. The molecule has 0 fully saturated rings. The maximum Gasteiger partial charge on any atom is 0.0500 e. The first-order chi connectivity index (χ1) is 10.2. The Labute approximate surface area is 128 Å². The molecule has 1 unspecified atom stereocenters. The number of pyridine rings is 1. The zero-order valence-corrected chi connectivity index (χ0v) is 12.4. The summed E-state index contributed by atoms with van der Waals surface area (Å²) in [5.74, 6) is 0. The molecule has 1 aromatic heterocycles. The van der Waals surface area contributed by atoms with Crippen LogP contribution in [0.15, 0.2) is 54.9 Å². The van der Waals surface area contributed by atoms with E-state index in [-0.39, 0.29) is 6.04 Å². The molecular formula is C17H16ClN3. The van der Waals surface area contributed by atoms with E-state index in [0.29, 0.717) is 0 Å². The highest BCUT2D eigenvalue weighted by Gasteiger charge is 2.11. The van der Waals surface area contributed by atoms with E-state index in [1.165, 1.54) is 0 Å². The van der Waals surface area contributed by atoms with Crippen LogP contribution >= 0.6 is 11.6 Å². The van der Waals surface area contributed by atoms with Crippen molar-refractivity contribution >= 4 is 33.7 Å². The third kappa shape index (κ3) is 2.65. The summed E-state index contributed by atoms with van der Waals surface area (Å²) in [5, 5.41) is 6.28. The Kier molecular flexibility index (Phi) is 3.67. The second kappa shape index (κ2) is 5.62. The molecule has 3 aromatic rings. The number of aromatic nitrogens is 1. The Morgan fingerprint density at radius 2 is 1.90 bits per heavy atom. The van der Waals surface area contributed by atoms with Crippen molar-refractivity contribution in [2.24, 2.45) is 0 Å². The van der Waals surface area contributed by atoms with Crippen LogP contribution < -0.4 is 11.1 Å². The Morgan fingerprint density at radius 3 is 2.71 bits per heavy atom. The van der Waals surface area contributed by atoms with E-state index in [9.17, 15) is 0 Å². The van der Waals surface area contributed by atoms with Crippen LogP contribution in [-0.2, 0) is 0 Å². The van der Waals surface area contributed by atoms with E-state index in [2.05, 4.69) is 17.2 Å². The van der Waals surface area contributed by atoms with Crippen LogP contribution in [0.5, 0.6) is 0 Å². The molecular weight excluding hydrogens is 282 g/mol. The number of hydrogen-bond donors (Lipinski definition) is 2. The fraction of sp³-hybridized carbons (Fsp3) is 0.118. The van der Waals surface area contributed by atoms with Gasteiger partial charge in [0.2, 0.25) is 0 Å². The Balaban J connectivity index is 1.99. The van der Waals surface area contributed by atoms with Crippen molar-refractivity contribution in [3.8, 4) is 0 Å². The number of nitrogen functional groups attached to an aromatic ring is 1. The zero-order valence-electron chi connectivity index (χ0n) is 11.7. The lowest BCUT2D eigenvalue weighted by Gasteiger charge is -2.19. The van der Waals surface area contributed by atoms with Gasteiger partial charge in [-0.15, -0.1) is 0 Å². The molecule has 0 amide bonds. The quantitative estimate of drug-likeness (QED) is 0.692. The number of hydrogen-bond acceptors (Lipinski definition) is 3. The van der Waals surface area contributed by atoms with Crippen molar-refractivity contribution in [2.75, 3.05) is 11.1 Å². The third-order valence-corrected chi connectivity index (χ3v) is 3.94. The molecule has 0 saturated heterocycles. The lowest BCUT2D eigenvalue weighted by Crippen LogP contribution is -2.07. The molecule has 1 heterocycles. The van der Waals surface area contributed by atoms with Crippen LogP contribution in [0.25, 0.3) is 10.8 Å². The van der Waals surface area contributed by atoms with Crippen LogP contribution in [0, 0.1) is 0 Å². The summed E-state index contributed by atoms with van der Waals surface area (Å²) < 4.78 is 0. The van der Waals surface area contributed by atoms with Gasteiger partial charge in [0.05, 0.1) is 6.04 Å². The Bertz CT molecular complexity index is 786. The summed E-state index contributed by atoms with van der Waals surface area (Å²) in [4.78, 5) is 4.14. The molecule has 3 N–H and O–H groups in total. The maximum atomic E-state index is 6.26. The fourth-order valence-electron chi connectivity index (χ4n) is 2.48. The monoisotopic (exact) mass is 297 g/mol. The lowest BCUT2D eigenvalue weighted by atomic mass is 10.1. The Hall–Kier alpha value is -2.26. The van der Waals surface area contributed by atoms with Gasteiger partial charge < -0.3 is 11.1 Å². The molecule has 0 bridgehead atoms. The molecule has 2 aromatic carbocycles. The summed E-state index contributed by atoms with van der Waals surface area (Å²) in [6.45, 7) is 2.09. The highest BCUT2D eigenvalue weighted by atomic mass is 35.5. The van der Waals surface area contributed by atoms with Gasteiger partial charge in [-0.25, -0.2) is 0 Å². The van der Waals surface area contributed by atoms with Crippen molar-refractivity contribution in [2.45, 2.75) is 13.0 Å². The van der Waals surface area contributed by atoms with Crippen molar-refractivity contribution < 1.29 is 0 Å². The van der Waals surface area contributed by atoms with Gasteiger partial charge >= 0.3 is 0 Å². The number of anilines is 2.